The maximum absolute atomic E-state index is 14.3. The molecule has 0 radical (unpaired) electrons. The van der Waals surface area contributed by atoms with E-state index in [4.69, 9.17) is 5.73 Å². The van der Waals surface area contributed by atoms with E-state index in [2.05, 4.69) is 15.1 Å². The molecule has 2 N–H and O–H groups in total. The lowest BCUT2D eigenvalue weighted by Gasteiger charge is -2.16. The van der Waals surface area contributed by atoms with Crippen LogP contribution in [0.5, 0.6) is 0 Å². The van der Waals surface area contributed by atoms with Gasteiger partial charge in [-0.2, -0.15) is 5.10 Å². The van der Waals surface area contributed by atoms with Gasteiger partial charge in [0.15, 0.2) is 14.9 Å². The highest BCUT2D eigenvalue weighted by atomic mass is 32.2. The van der Waals surface area contributed by atoms with E-state index in [0.29, 0.717) is 11.4 Å². The summed E-state index contributed by atoms with van der Waals surface area (Å²) in [5.74, 6) is -0.616. The number of nitrogens with zero attached hydrogens (tertiary/aromatic N) is 4. The SMILES string of the molecule is CS(=O)(=O)c1ccc(F)c(C[C@H](N)c2ncccc2-n2ncc3ccccc32)n1. The molecule has 0 saturated carbocycles. The van der Waals surface area contributed by atoms with Crippen molar-refractivity contribution in [3.8, 4) is 5.69 Å². The van der Waals surface area contributed by atoms with Crippen LogP contribution in [0.4, 0.5) is 4.39 Å². The third-order valence-electron chi connectivity index (χ3n) is 4.56. The second kappa shape index (κ2) is 7.34. The fourth-order valence-electron chi connectivity index (χ4n) is 3.16. The minimum absolute atomic E-state index is 0.0155. The summed E-state index contributed by atoms with van der Waals surface area (Å²) < 4.78 is 39.5. The van der Waals surface area contributed by atoms with Gasteiger partial charge in [0.1, 0.15) is 5.82 Å². The molecule has 0 unspecified atom stereocenters. The van der Waals surface area contributed by atoms with Gasteiger partial charge in [-0.25, -0.2) is 22.5 Å². The van der Waals surface area contributed by atoms with Gasteiger partial charge < -0.3 is 5.73 Å². The summed E-state index contributed by atoms with van der Waals surface area (Å²) in [5, 5.41) is 5.20. The molecule has 0 saturated heterocycles. The zero-order valence-corrected chi connectivity index (χ0v) is 16.3. The Morgan fingerprint density at radius 3 is 2.72 bits per heavy atom. The normalized spacial score (nSPS) is 12.9. The van der Waals surface area contributed by atoms with Crippen molar-refractivity contribution in [1.82, 2.24) is 19.7 Å². The van der Waals surface area contributed by atoms with Crippen LogP contribution >= 0.6 is 0 Å². The van der Waals surface area contributed by atoms with Crippen molar-refractivity contribution in [3.05, 3.63) is 78.1 Å². The van der Waals surface area contributed by atoms with Crippen molar-refractivity contribution in [3.63, 3.8) is 0 Å². The number of para-hydroxylation sites is 1. The molecule has 0 bridgehead atoms. The van der Waals surface area contributed by atoms with Crippen LogP contribution in [0, 0.1) is 5.82 Å². The van der Waals surface area contributed by atoms with E-state index in [-0.39, 0.29) is 17.1 Å². The smallest absolute Gasteiger partial charge is 0.192 e. The van der Waals surface area contributed by atoms with Gasteiger partial charge in [0.25, 0.3) is 0 Å². The van der Waals surface area contributed by atoms with E-state index in [0.717, 1.165) is 29.3 Å². The number of hydrogen-bond donors (Lipinski definition) is 1. The highest BCUT2D eigenvalue weighted by Crippen LogP contribution is 2.25. The number of sulfone groups is 1. The van der Waals surface area contributed by atoms with Crippen molar-refractivity contribution in [2.45, 2.75) is 17.5 Å². The Kier molecular flexibility index (Phi) is 4.85. The minimum atomic E-state index is -3.56. The van der Waals surface area contributed by atoms with Crippen LogP contribution in [-0.2, 0) is 16.3 Å². The van der Waals surface area contributed by atoms with E-state index in [1.807, 2.05) is 30.3 Å². The molecule has 3 heterocycles. The van der Waals surface area contributed by atoms with Crippen LogP contribution in [0.2, 0.25) is 0 Å². The van der Waals surface area contributed by atoms with E-state index in [1.165, 1.54) is 0 Å². The molecule has 1 atom stereocenters. The molecule has 4 rings (SSSR count). The number of benzene rings is 1. The summed E-state index contributed by atoms with van der Waals surface area (Å²) in [4.78, 5) is 8.34. The predicted molar refractivity (Wildman–Crippen MR) is 107 cm³/mol. The molecule has 1 aromatic carbocycles. The Labute approximate surface area is 166 Å². The molecule has 148 valence electrons. The van der Waals surface area contributed by atoms with Crippen molar-refractivity contribution < 1.29 is 12.8 Å². The highest BCUT2D eigenvalue weighted by molar-refractivity contribution is 7.90. The van der Waals surface area contributed by atoms with Crippen LogP contribution in [0.3, 0.4) is 0 Å². The third-order valence-corrected chi connectivity index (χ3v) is 5.55. The number of fused-ring (bicyclic) bond motifs is 1. The zero-order valence-electron chi connectivity index (χ0n) is 15.5. The van der Waals surface area contributed by atoms with Gasteiger partial charge in [-0.1, -0.05) is 18.2 Å². The Balaban J connectivity index is 1.74. The standard InChI is InChI=1S/C20H18FN5O2S/c1-29(27,28)19-9-8-14(21)16(25-19)11-15(22)20-18(7-4-10-23-20)26-17-6-3-2-5-13(17)12-24-26/h2-10,12,15H,11,22H2,1H3/t15-/m0/s1. The van der Waals surface area contributed by atoms with Crippen molar-refractivity contribution in [1.29, 1.82) is 0 Å². The van der Waals surface area contributed by atoms with Crippen LogP contribution in [0.15, 0.2) is 66.0 Å². The molecule has 0 fully saturated rings. The molecule has 29 heavy (non-hydrogen) atoms. The molecular weight excluding hydrogens is 393 g/mol. The maximum Gasteiger partial charge on any atom is 0.192 e. The van der Waals surface area contributed by atoms with Crippen molar-refractivity contribution >= 4 is 20.7 Å². The molecule has 0 aliphatic heterocycles. The largest absolute Gasteiger partial charge is 0.322 e. The van der Waals surface area contributed by atoms with Gasteiger partial charge in [0, 0.05) is 24.3 Å². The molecule has 4 aromatic rings. The average Bonchev–Trinajstić information content (AvgIpc) is 3.13. The van der Waals surface area contributed by atoms with E-state index < -0.39 is 21.7 Å². The Hall–Kier alpha value is -3.17. The summed E-state index contributed by atoms with van der Waals surface area (Å²) in [6.45, 7) is 0. The number of aromatic nitrogens is 4. The number of halogens is 1. The monoisotopic (exact) mass is 411 g/mol. The van der Waals surface area contributed by atoms with Gasteiger partial charge in [0.2, 0.25) is 0 Å². The van der Waals surface area contributed by atoms with E-state index >= 15 is 0 Å². The molecule has 0 spiro atoms. The quantitative estimate of drug-likeness (QED) is 0.541. The third kappa shape index (κ3) is 3.74. The minimum Gasteiger partial charge on any atom is -0.322 e. The first-order valence-electron chi connectivity index (χ1n) is 8.83. The van der Waals surface area contributed by atoms with Crippen LogP contribution in [0.25, 0.3) is 16.6 Å². The summed E-state index contributed by atoms with van der Waals surface area (Å²) in [6.07, 6.45) is 4.35. The summed E-state index contributed by atoms with van der Waals surface area (Å²) >= 11 is 0. The molecule has 9 heteroatoms. The van der Waals surface area contributed by atoms with Crippen LogP contribution in [-0.4, -0.2) is 34.4 Å². The van der Waals surface area contributed by atoms with Crippen molar-refractivity contribution in [2.24, 2.45) is 5.73 Å². The van der Waals surface area contributed by atoms with Crippen LogP contribution in [0.1, 0.15) is 17.4 Å². The van der Waals surface area contributed by atoms with Crippen molar-refractivity contribution in [2.75, 3.05) is 6.26 Å². The first kappa shape index (κ1) is 19.2. The molecule has 3 aromatic heterocycles. The van der Waals surface area contributed by atoms with E-state index in [1.54, 1.807) is 23.1 Å². The second-order valence-corrected chi connectivity index (χ2v) is 8.65. The lowest BCUT2D eigenvalue weighted by Crippen LogP contribution is -2.20. The van der Waals surface area contributed by atoms with Gasteiger partial charge in [-0.05, 0) is 30.3 Å². The number of rotatable bonds is 5. The Morgan fingerprint density at radius 2 is 1.93 bits per heavy atom. The number of nitrogens with two attached hydrogens (primary N) is 1. The Bertz CT molecular complexity index is 1300. The molecule has 7 nitrogen and oxygen atoms in total. The summed E-state index contributed by atoms with van der Waals surface area (Å²) in [7, 11) is -3.56. The van der Waals surface area contributed by atoms with Gasteiger partial charge in [-0.15, -0.1) is 0 Å². The molecule has 0 aliphatic carbocycles. The topological polar surface area (TPSA) is 104 Å². The summed E-state index contributed by atoms with van der Waals surface area (Å²) in [5.41, 5.74) is 8.38. The average molecular weight is 411 g/mol. The van der Waals surface area contributed by atoms with Gasteiger partial charge in [-0.3, -0.25) is 4.98 Å². The van der Waals surface area contributed by atoms with Gasteiger partial charge in [0.05, 0.1) is 34.8 Å². The highest BCUT2D eigenvalue weighted by Gasteiger charge is 2.20. The molecule has 0 aliphatic rings. The predicted octanol–water partition coefficient (Wildman–Crippen LogP) is 2.60. The van der Waals surface area contributed by atoms with Crippen LogP contribution < -0.4 is 5.73 Å². The number of pyridine rings is 2. The van der Waals surface area contributed by atoms with E-state index in [9.17, 15) is 12.8 Å². The first-order valence-corrected chi connectivity index (χ1v) is 10.7. The fraction of sp³-hybridized carbons (Fsp3) is 0.150. The van der Waals surface area contributed by atoms with Gasteiger partial charge >= 0.3 is 0 Å². The molecule has 0 amide bonds. The maximum atomic E-state index is 14.3. The number of hydrogen-bond acceptors (Lipinski definition) is 6. The lowest BCUT2D eigenvalue weighted by molar-refractivity contribution is 0.563. The zero-order chi connectivity index (χ0) is 20.6. The Morgan fingerprint density at radius 1 is 1.14 bits per heavy atom. The second-order valence-electron chi connectivity index (χ2n) is 6.68. The summed E-state index contributed by atoms with van der Waals surface area (Å²) in [6, 6.07) is 12.8. The molecular formula is C20H18FN5O2S. The fourth-order valence-corrected chi connectivity index (χ4v) is 3.75. The lowest BCUT2D eigenvalue weighted by atomic mass is 10.1. The first-order chi connectivity index (χ1) is 13.8.